The predicted molar refractivity (Wildman–Crippen MR) is 63.1 cm³/mol. The van der Waals surface area contributed by atoms with Crippen LogP contribution in [0.2, 0.25) is 0 Å². The van der Waals surface area contributed by atoms with Crippen LogP contribution in [-0.4, -0.2) is 13.7 Å². The van der Waals surface area contributed by atoms with E-state index in [1.54, 1.807) is 7.11 Å². The smallest absolute Gasteiger partial charge is 0.123 e. The van der Waals surface area contributed by atoms with Crippen molar-refractivity contribution in [2.75, 3.05) is 13.7 Å². The predicted octanol–water partition coefficient (Wildman–Crippen LogP) is 1.66. The molecule has 1 unspecified atom stereocenters. The second-order valence-electron chi connectivity index (χ2n) is 3.86. The summed E-state index contributed by atoms with van der Waals surface area (Å²) in [6.07, 6.45) is 0.777. The Morgan fingerprint density at radius 3 is 2.40 bits per heavy atom. The van der Waals surface area contributed by atoms with Gasteiger partial charge in [0.05, 0.1) is 7.11 Å². The number of hydrogen-bond acceptors (Lipinski definition) is 3. The van der Waals surface area contributed by atoms with Crippen LogP contribution in [0.3, 0.4) is 0 Å². The largest absolute Gasteiger partial charge is 0.496 e. The van der Waals surface area contributed by atoms with Gasteiger partial charge in [0, 0.05) is 11.6 Å². The highest BCUT2D eigenvalue weighted by atomic mass is 16.5. The summed E-state index contributed by atoms with van der Waals surface area (Å²) in [6, 6.07) is 4.08. The molecule has 0 fully saturated rings. The summed E-state index contributed by atoms with van der Waals surface area (Å²) in [5, 5.41) is 0. The molecular formula is C12H20N2O. The van der Waals surface area contributed by atoms with Gasteiger partial charge >= 0.3 is 0 Å². The molecule has 0 saturated heterocycles. The summed E-state index contributed by atoms with van der Waals surface area (Å²) in [6.45, 7) is 4.74. The molecule has 0 bridgehead atoms. The van der Waals surface area contributed by atoms with Gasteiger partial charge in [0.15, 0.2) is 0 Å². The lowest BCUT2D eigenvalue weighted by molar-refractivity contribution is 0.404. The van der Waals surface area contributed by atoms with Crippen LogP contribution in [0.5, 0.6) is 5.75 Å². The number of ether oxygens (including phenoxy) is 1. The molecule has 0 radical (unpaired) electrons. The first-order valence-electron chi connectivity index (χ1n) is 5.21. The number of benzene rings is 1. The molecule has 0 aliphatic rings. The van der Waals surface area contributed by atoms with E-state index in [0.717, 1.165) is 17.7 Å². The zero-order chi connectivity index (χ0) is 11.4. The number of methoxy groups -OCH3 is 1. The Bertz CT molecular complexity index is 337. The van der Waals surface area contributed by atoms with Gasteiger partial charge in [0.2, 0.25) is 0 Å². The van der Waals surface area contributed by atoms with E-state index in [0.29, 0.717) is 6.54 Å². The van der Waals surface area contributed by atoms with Gasteiger partial charge in [0.25, 0.3) is 0 Å². The number of aryl methyl sites for hydroxylation is 2. The Morgan fingerprint density at radius 1 is 1.27 bits per heavy atom. The van der Waals surface area contributed by atoms with Crippen LogP contribution in [0.15, 0.2) is 12.1 Å². The van der Waals surface area contributed by atoms with Crippen LogP contribution in [0.4, 0.5) is 0 Å². The molecule has 0 aliphatic carbocycles. The molecule has 3 nitrogen and oxygen atoms in total. The molecule has 1 aromatic carbocycles. The summed E-state index contributed by atoms with van der Waals surface area (Å²) in [5.74, 6) is 0.860. The van der Waals surface area contributed by atoms with E-state index in [1.807, 2.05) is 6.07 Å². The maximum atomic E-state index is 6.04. The van der Waals surface area contributed by atoms with Crippen molar-refractivity contribution in [2.45, 2.75) is 26.3 Å². The molecule has 0 amide bonds. The first-order valence-corrected chi connectivity index (χ1v) is 5.21. The van der Waals surface area contributed by atoms with E-state index < -0.39 is 0 Å². The highest BCUT2D eigenvalue weighted by molar-refractivity contribution is 5.43. The molecule has 1 rings (SSSR count). The number of hydrogen-bond donors (Lipinski definition) is 2. The second-order valence-corrected chi connectivity index (χ2v) is 3.86. The number of rotatable bonds is 4. The summed E-state index contributed by atoms with van der Waals surface area (Å²) < 4.78 is 5.33. The van der Waals surface area contributed by atoms with Gasteiger partial charge in [-0.15, -0.1) is 0 Å². The van der Waals surface area contributed by atoms with Crippen molar-refractivity contribution in [3.63, 3.8) is 0 Å². The van der Waals surface area contributed by atoms with Crippen LogP contribution in [0, 0.1) is 13.8 Å². The minimum absolute atomic E-state index is 0.0377. The van der Waals surface area contributed by atoms with Crippen LogP contribution >= 0.6 is 0 Å². The van der Waals surface area contributed by atoms with Gasteiger partial charge in [-0.3, -0.25) is 0 Å². The first kappa shape index (κ1) is 12.0. The molecule has 0 aromatic heterocycles. The van der Waals surface area contributed by atoms with Crippen molar-refractivity contribution in [3.8, 4) is 5.75 Å². The highest BCUT2D eigenvalue weighted by Gasteiger charge is 2.12. The lowest BCUT2D eigenvalue weighted by Gasteiger charge is -2.17. The molecule has 0 heterocycles. The summed E-state index contributed by atoms with van der Waals surface area (Å²) in [7, 11) is 1.67. The summed E-state index contributed by atoms with van der Waals surface area (Å²) in [5.41, 5.74) is 15.0. The molecular weight excluding hydrogens is 188 g/mol. The van der Waals surface area contributed by atoms with Gasteiger partial charge in [0.1, 0.15) is 5.75 Å². The van der Waals surface area contributed by atoms with Crippen LogP contribution in [0.25, 0.3) is 0 Å². The third-order valence-electron chi connectivity index (χ3n) is 2.72. The Kier molecular flexibility index (Phi) is 4.12. The van der Waals surface area contributed by atoms with Crippen molar-refractivity contribution < 1.29 is 4.74 Å². The van der Waals surface area contributed by atoms with Gasteiger partial charge in [-0.25, -0.2) is 0 Å². The Balaban J connectivity index is 3.09. The van der Waals surface area contributed by atoms with E-state index in [4.69, 9.17) is 16.2 Å². The van der Waals surface area contributed by atoms with Crippen LogP contribution in [0.1, 0.15) is 29.2 Å². The standard InChI is InChI=1S/C12H20N2O/c1-8-6-10(11(14)4-5-13)12(15-3)7-9(8)2/h6-7,11H,4-5,13-14H2,1-3H3. The van der Waals surface area contributed by atoms with Gasteiger partial charge in [-0.05, 0) is 44.0 Å². The van der Waals surface area contributed by atoms with Crippen LogP contribution in [-0.2, 0) is 0 Å². The van der Waals surface area contributed by atoms with E-state index in [-0.39, 0.29) is 6.04 Å². The topological polar surface area (TPSA) is 61.3 Å². The minimum atomic E-state index is -0.0377. The average molecular weight is 208 g/mol. The maximum absolute atomic E-state index is 6.04. The fraction of sp³-hybridized carbons (Fsp3) is 0.500. The average Bonchev–Trinajstić information content (AvgIpc) is 2.21. The fourth-order valence-electron chi connectivity index (χ4n) is 1.61. The van der Waals surface area contributed by atoms with E-state index in [2.05, 4.69) is 19.9 Å². The van der Waals surface area contributed by atoms with E-state index in [9.17, 15) is 0 Å². The second kappa shape index (κ2) is 5.14. The van der Waals surface area contributed by atoms with Crippen LogP contribution < -0.4 is 16.2 Å². The monoisotopic (exact) mass is 208 g/mol. The lowest BCUT2D eigenvalue weighted by Crippen LogP contribution is -2.16. The van der Waals surface area contributed by atoms with Gasteiger partial charge in [-0.1, -0.05) is 6.07 Å². The SMILES string of the molecule is COc1cc(C)c(C)cc1C(N)CCN. The first-order chi connectivity index (χ1) is 7.10. The third kappa shape index (κ3) is 2.70. The Labute approximate surface area is 91.4 Å². The normalized spacial score (nSPS) is 12.6. The van der Waals surface area contributed by atoms with Gasteiger partial charge in [-0.2, -0.15) is 0 Å². The zero-order valence-electron chi connectivity index (χ0n) is 9.71. The molecule has 0 spiro atoms. The zero-order valence-corrected chi connectivity index (χ0v) is 9.71. The molecule has 1 aromatic rings. The lowest BCUT2D eigenvalue weighted by atomic mass is 9.98. The van der Waals surface area contributed by atoms with Crippen molar-refractivity contribution in [1.82, 2.24) is 0 Å². The molecule has 0 saturated carbocycles. The van der Waals surface area contributed by atoms with Crippen molar-refractivity contribution in [1.29, 1.82) is 0 Å². The molecule has 1 atom stereocenters. The summed E-state index contributed by atoms with van der Waals surface area (Å²) in [4.78, 5) is 0. The highest BCUT2D eigenvalue weighted by Crippen LogP contribution is 2.28. The number of nitrogens with two attached hydrogens (primary N) is 2. The molecule has 3 heteroatoms. The van der Waals surface area contributed by atoms with E-state index in [1.165, 1.54) is 11.1 Å². The fourth-order valence-corrected chi connectivity index (χ4v) is 1.61. The minimum Gasteiger partial charge on any atom is -0.496 e. The quantitative estimate of drug-likeness (QED) is 0.791. The molecule has 4 N–H and O–H groups in total. The third-order valence-corrected chi connectivity index (χ3v) is 2.72. The maximum Gasteiger partial charge on any atom is 0.123 e. The summed E-state index contributed by atoms with van der Waals surface area (Å²) >= 11 is 0. The molecule has 84 valence electrons. The van der Waals surface area contributed by atoms with Crippen molar-refractivity contribution >= 4 is 0 Å². The van der Waals surface area contributed by atoms with Crippen molar-refractivity contribution in [2.24, 2.45) is 11.5 Å². The van der Waals surface area contributed by atoms with E-state index >= 15 is 0 Å². The molecule has 0 aliphatic heterocycles. The van der Waals surface area contributed by atoms with Crippen molar-refractivity contribution in [3.05, 3.63) is 28.8 Å². The van der Waals surface area contributed by atoms with Gasteiger partial charge < -0.3 is 16.2 Å². The Morgan fingerprint density at radius 2 is 1.87 bits per heavy atom. The molecule has 15 heavy (non-hydrogen) atoms. The Hall–Kier alpha value is -1.06.